The minimum absolute atomic E-state index is 0.142. The Kier molecular flexibility index (Phi) is 5.18. The van der Waals surface area contributed by atoms with Gasteiger partial charge in [0, 0.05) is 11.6 Å². The highest BCUT2D eigenvalue weighted by atomic mass is 19.4. The second-order valence-electron chi connectivity index (χ2n) is 7.26. The molecule has 0 saturated carbocycles. The molecule has 6 nitrogen and oxygen atoms in total. The molecular formula is C22H18F3N5O. The van der Waals surface area contributed by atoms with E-state index in [1.165, 1.54) is 16.9 Å². The van der Waals surface area contributed by atoms with Gasteiger partial charge in [0.2, 0.25) is 0 Å². The Balaban J connectivity index is 1.65. The Morgan fingerprint density at radius 1 is 1.03 bits per heavy atom. The maximum Gasteiger partial charge on any atom is 0.417 e. The normalized spacial score (nSPS) is 11.8. The zero-order valence-corrected chi connectivity index (χ0v) is 16.7. The van der Waals surface area contributed by atoms with Crippen LogP contribution in [-0.4, -0.2) is 25.7 Å². The van der Waals surface area contributed by atoms with E-state index < -0.39 is 17.6 Å². The van der Waals surface area contributed by atoms with Crippen LogP contribution in [0.1, 0.15) is 41.4 Å². The number of carbonyl (C=O) groups is 1. The van der Waals surface area contributed by atoms with Crippen LogP contribution >= 0.6 is 0 Å². The summed E-state index contributed by atoms with van der Waals surface area (Å²) < 4.78 is 39.9. The third kappa shape index (κ3) is 4.11. The summed E-state index contributed by atoms with van der Waals surface area (Å²) in [6, 6.07) is 13.3. The molecule has 9 heteroatoms. The number of fused-ring (bicyclic) bond motifs is 1. The molecule has 31 heavy (non-hydrogen) atoms. The number of para-hydroxylation sites is 1. The second kappa shape index (κ2) is 7.82. The fourth-order valence-electron chi connectivity index (χ4n) is 3.27. The first-order valence-electron chi connectivity index (χ1n) is 9.52. The van der Waals surface area contributed by atoms with Crippen LogP contribution in [0.5, 0.6) is 0 Å². The number of alkyl halides is 3. The first kappa shape index (κ1) is 20.5. The van der Waals surface area contributed by atoms with Gasteiger partial charge in [0.15, 0.2) is 5.82 Å². The number of hydrogen-bond acceptors (Lipinski definition) is 4. The lowest BCUT2D eigenvalue weighted by molar-refractivity contribution is -0.137. The van der Waals surface area contributed by atoms with E-state index in [-0.39, 0.29) is 11.7 Å². The Morgan fingerprint density at radius 2 is 1.81 bits per heavy atom. The zero-order chi connectivity index (χ0) is 22.2. The first-order chi connectivity index (χ1) is 14.7. The van der Waals surface area contributed by atoms with Crippen molar-refractivity contribution in [3.05, 3.63) is 77.7 Å². The Morgan fingerprint density at radius 3 is 2.48 bits per heavy atom. The number of nitrogens with zero attached hydrogens (tertiary/aromatic N) is 4. The van der Waals surface area contributed by atoms with E-state index in [4.69, 9.17) is 0 Å². The van der Waals surface area contributed by atoms with Crippen LogP contribution in [0.25, 0.3) is 16.7 Å². The number of amides is 1. The highest BCUT2D eigenvalue weighted by Gasteiger charge is 2.31. The Hall–Kier alpha value is -3.75. The van der Waals surface area contributed by atoms with E-state index in [2.05, 4.69) is 20.4 Å². The minimum Gasteiger partial charge on any atom is -0.306 e. The van der Waals surface area contributed by atoms with Crippen LogP contribution < -0.4 is 5.32 Å². The second-order valence-corrected chi connectivity index (χ2v) is 7.26. The zero-order valence-electron chi connectivity index (χ0n) is 16.7. The lowest BCUT2D eigenvalue weighted by Crippen LogP contribution is -2.16. The van der Waals surface area contributed by atoms with Gasteiger partial charge in [-0.15, -0.1) is 0 Å². The summed E-state index contributed by atoms with van der Waals surface area (Å²) in [6.07, 6.45) is -2.35. The molecule has 0 radical (unpaired) electrons. The van der Waals surface area contributed by atoms with Gasteiger partial charge >= 0.3 is 6.18 Å². The Bertz CT molecular complexity index is 1250. The van der Waals surface area contributed by atoms with E-state index in [0.717, 1.165) is 23.2 Å². The van der Waals surface area contributed by atoms with E-state index >= 15 is 0 Å². The molecule has 3 heterocycles. The van der Waals surface area contributed by atoms with Gasteiger partial charge < -0.3 is 5.32 Å². The fourth-order valence-corrected chi connectivity index (χ4v) is 3.27. The molecule has 1 N–H and O–H groups in total. The highest BCUT2D eigenvalue weighted by Crippen LogP contribution is 2.29. The summed E-state index contributed by atoms with van der Waals surface area (Å²) in [5, 5.41) is 7.92. The van der Waals surface area contributed by atoms with Crippen molar-refractivity contribution in [3.8, 4) is 5.82 Å². The summed E-state index contributed by atoms with van der Waals surface area (Å²) in [5.74, 6) is 0.0277. The molecule has 3 aromatic heterocycles. The summed E-state index contributed by atoms with van der Waals surface area (Å²) >= 11 is 0. The molecule has 0 aliphatic carbocycles. The summed E-state index contributed by atoms with van der Waals surface area (Å²) in [5.41, 5.74) is 0.723. The van der Waals surface area contributed by atoms with Gasteiger partial charge in [-0.3, -0.25) is 4.79 Å². The summed E-state index contributed by atoms with van der Waals surface area (Å²) in [6.45, 7) is 3.73. The predicted octanol–water partition coefficient (Wildman–Crippen LogP) is 5.21. The monoisotopic (exact) mass is 425 g/mol. The van der Waals surface area contributed by atoms with Crippen LogP contribution in [0.4, 0.5) is 19.0 Å². The molecule has 1 amide bonds. The van der Waals surface area contributed by atoms with Crippen LogP contribution in [0.3, 0.4) is 0 Å². The molecule has 0 unspecified atom stereocenters. The Labute approximate surface area is 175 Å². The van der Waals surface area contributed by atoms with Gasteiger partial charge in [0.25, 0.3) is 5.91 Å². The largest absolute Gasteiger partial charge is 0.417 e. The third-order valence-electron chi connectivity index (χ3n) is 4.73. The van der Waals surface area contributed by atoms with Gasteiger partial charge in [-0.1, -0.05) is 32.0 Å². The van der Waals surface area contributed by atoms with Crippen molar-refractivity contribution in [2.45, 2.75) is 25.9 Å². The van der Waals surface area contributed by atoms with Crippen LogP contribution in [0, 0.1) is 0 Å². The predicted molar refractivity (Wildman–Crippen MR) is 110 cm³/mol. The number of carbonyl (C=O) groups excluding carboxylic acids is 1. The van der Waals surface area contributed by atoms with Gasteiger partial charge in [-0.05, 0) is 36.2 Å². The van der Waals surface area contributed by atoms with Crippen molar-refractivity contribution in [2.24, 2.45) is 0 Å². The van der Waals surface area contributed by atoms with Crippen molar-refractivity contribution in [2.75, 3.05) is 5.32 Å². The number of aromatic nitrogens is 4. The van der Waals surface area contributed by atoms with Crippen molar-refractivity contribution in [1.29, 1.82) is 0 Å². The number of pyridine rings is 2. The number of anilines is 1. The lowest BCUT2D eigenvalue weighted by atomic mass is 10.1. The molecule has 0 aliphatic heterocycles. The smallest absolute Gasteiger partial charge is 0.306 e. The fraction of sp³-hybridized carbons (Fsp3) is 0.182. The number of hydrogen-bond donors (Lipinski definition) is 1. The third-order valence-corrected chi connectivity index (χ3v) is 4.73. The van der Waals surface area contributed by atoms with E-state index in [0.29, 0.717) is 17.1 Å². The first-order valence-corrected chi connectivity index (χ1v) is 9.52. The van der Waals surface area contributed by atoms with Crippen LogP contribution in [0.2, 0.25) is 0 Å². The van der Waals surface area contributed by atoms with Gasteiger partial charge in [0.1, 0.15) is 5.82 Å². The average Bonchev–Trinajstić information content (AvgIpc) is 3.19. The number of benzene rings is 1. The van der Waals surface area contributed by atoms with E-state index in [9.17, 15) is 18.0 Å². The SMILES string of the molecule is CC(C)c1c(C(=O)Nc2ccc3ccccc3n2)cnn1-c1ccc(C(F)(F)F)cn1. The number of halogens is 3. The topological polar surface area (TPSA) is 72.7 Å². The highest BCUT2D eigenvalue weighted by molar-refractivity contribution is 6.05. The van der Waals surface area contributed by atoms with Gasteiger partial charge in [-0.25, -0.2) is 14.6 Å². The minimum atomic E-state index is -4.48. The molecule has 4 rings (SSSR count). The quantitative estimate of drug-likeness (QED) is 0.487. The molecular weight excluding hydrogens is 407 g/mol. The van der Waals surface area contributed by atoms with Crippen LogP contribution in [-0.2, 0) is 6.18 Å². The molecule has 1 aromatic carbocycles. The number of rotatable bonds is 4. The summed E-state index contributed by atoms with van der Waals surface area (Å²) in [7, 11) is 0. The molecule has 0 fully saturated rings. The summed E-state index contributed by atoms with van der Waals surface area (Å²) in [4.78, 5) is 21.3. The van der Waals surface area contributed by atoms with Crippen molar-refractivity contribution in [1.82, 2.24) is 19.7 Å². The van der Waals surface area contributed by atoms with Crippen molar-refractivity contribution >= 4 is 22.6 Å². The standard InChI is InChI=1S/C22H18F3N5O/c1-13(2)20-16(12-27-30(20)19-10-8-15(11-26-19)22(23,24)25)21(31)29-18-9-7-14-5-3-4-6-17(14)28-18/h3-13H,1-2H3,(H,28,29,31). The molecule has 0 aliphatic rings. The van der Waals surface area contributed by atoms with E-state index in [1.54, 1.807) is 6.07 Å². The van der Waals surface area contributed by atoms with Gasteiger partial charge in [0.05, 0.1) is 28.5 Å². The maximum absolute atomic E-state index is 12.9. The number of nitrogens with one attached hydrogen (secondary N) is 1. The molecule has 4 aromatic rings. The van der Waals surface area contributed by atoms with Crippen molar-refractivity contribution in [3.63, 3.8) is 0 Å². The maximum atomic E-state index is 12.9. The molecule has 0 bridgehead atoms. The molecule has 0 saturated heterocycles. The van der Waals surface area contributed by atoms with Crippen LogP contribution in [0.15, 0.2) is 60.9 Å². The van der Waals surface area contributed by atoms with Gasteiger partial charge in [-0.2, -0.15) is 18.3 Å². The van der Waals surface area contributed by atoms with E-state index in [1.807, 2.05) is 44.2 Å². The van der Waals surface area contributed by atoms with Crippen molar-refractivity contribution < 1.29 is 18.0 Å². The molecule has 158 valence electrons. The molecule has 0 spiro atoms. The molecule has 0 atom stereocenters. The lowest BCUT2D eigenvalue weighted by Gasteiger charge is -2.13. The average molecular weight is 425 g/mol.